The number of imide groups is 1. The lowest BCUT2D eigenvalue weighted by atomic mass is 9.52. The predicted octanol–water partition coefficient (Wildman–Crippen LogP) is 1.59. The van der Waals surface area contributed by atoms with Gasteiger partial charge in [-0.15, -0.1) is 0 Å². The SMILES string of the molecule is O=C(COC(=O)C1C2CC3CC(C2)CC1C3)NC(=O)NC1CC1. The zero-order valence-electron chi connectivity index (χ0n) is 13.3. The lowest BCUT2D eigenvalue weighted by Gasteiger charge is -2.53. The molecule has 5 aliphatic rings. The highest BCUT2D eigenvalue weighted by Crippen LogP contribution is 2.56. The number of urea groups is 1. The first kappa shape index (κ1) is 15.0. The van der Waals surface area contributed by atoms with E-state index in [0.717, 1.165) is 50.4 Å². The Labute approximate surface area is 135 Å². The number of carbonyl (C=O) groups excluding carboxylic acids is 3. The maximum absolute atomic E-state index is 12.4. The van der Waals surface area contributed by atoms with Crippen LogP contribution in [0.3, 0.4) is 0 Å². The molecular weight excluding hydrogens is 296 g/mol. The van der Waals surface area contributed by atoms with Gasteiger partial charge in [-0.3, -0.25) is 14.9 Å². The van der Waals surface area contributed by atoms with Crippen molar-refractivity contribution in [3.8, 4) is 0 Å². The van der Waals surface area contributed by atoms with Crippen LogP contribution in [0, 0.1) is 29.6 Å². The van der Waals surface area contributed by atoms with E-state index in [-0.39, 0.29) is 24.5 Å². The van der Waals surface area contributed by atoms with E-state index in [1.807, 2.05) is 0 Å². The maximum Gasteiger partial charge on any atom is 0.321 e. The fourth-order valence-corrected chi connectivity index (χ4v) is 5.15. The molecule has 0 heterocycles. The zero-order chi connectivity index (χ0) is 16.0. The summed E-state index contributed by atoms with van der Waals surface area (Å²) in [6.07, 6.45) is 7.83. The Kier molecular flexibility index (Phi) is 3.77. The molecule has 0 atom stereocenters. The Morgan fingerprint density at radius 3 is 2.09 bits per heavy atom. The van der Waals surface area contributed by atoms with Crippen LogP contribution in [0.4, 0.5) is 4.79 Å². The van der Waals surface area contributed by atoms with E-state index >= 15 is 0 Å². The van der Waals surface area contributed by atoms with E-state index in [9.17, 15) is 14.4 Å². The van der Waals surface area contributed by atoms with E-state index in [2.05, 4.69) is 10.6 Å². The van der Waals surface area contributed by atoms with Gasteiger partial charge in [-0.05, 0) is 68.6 Å². The second-order valence-electron chi connectivity index (χ2n) is 7.86. The molecule has 0 aromatic carbocycles. The normalized spacial score (nSPS) is 37.3. The minimum Gasteiger partial charge on any atom is -0.455 e. The third-order valence-electron chi connectivity index (χ3n) is 6.01. The van der Waals surface area contributed by atoms with Crippen molar-refractivity contribution in [1.82, 2.24) is 10.6 Å². The molecule has 0 aromatic heterocycles. The maximum atomic E-state index is 12.4. The number of hydrogen-bond acceptors (Lipinski definition) is 4. The monoisotopic (exact) mass is 320 g/mol. The molecule has 23 heavy (non-hydrogen) atoms. The number of nitrogens with one attached hydrogen (secondary N) is 2. The number of hydrogen-bond donors (Lipinski definition) is 2. The summed E-state index contributed by atoms with van der Waals surface area (Å²) in [5.74, 6) is 1.67. The van der Waals surface area contributed by atoms with Crippen molar-refractivity contribution in [3.05, 3.63) is 0 Å². The molecule has 0 spiro atoms. The zero-order valence-corrected chi connectivity index (χ0v) is 13.3. The summed E-state index contributed by atoms with van der Waals surface area (Å²) in [4.78, 5) is 35.6. The minimum atomic E-state index is -0.555. The molecule has 0 aromatic rings. The molecule has 0 unspecified atom stereocenters. The molecule has 6 heteroatoms. The van der Waals surface area contributed by atoms with Crippen molar-refractivity contribution < 1.29 is 19.1 Å². The molecule has 0 saturated heterocycles. The van der Waals surface area contributed by atoms with Gasteiger partial charge in [0.1, 0.15) is 0 Å². The molecule has 5 rings (SSSR count). The van der Waals surface area contributed by atoms with Crippen LogP contribution in [0.25, 0.3) is 0 Å². The van der Waals surface area contributed by atoms with Gasteiger partial charge in [0.25, 0.3) is 5.91 Å². The summed E-state index contributed by atoms with van der Waals surface area (Å²) in [7, 11) is 0. The van der Waals surface area contributed by atoms with Crippen LogP contribution in [0.15, 0.2) is 0 Å². The molecular formula is C17H24N2O4. The first-order valence-corrected chi connectivity index (χ1v) is 8.85. The van der Waals surface area contributed by atoms with Crippen molar-refractivity contribution in [1.29, 1.82) is 0 Å². The van der Waals surface area contributed by atoms with Crippen LogP contribution < -0.4 is 10.6 Å². The van der Waals surface area contributed by atoms with Crippen LogP contribution in [-0.4, -0.2) is 30.6 Å². The van der Waals surface area contributed by atoms with Crippen LogP contribution >= 0.6 is 0 Å². The third kappa shape index (κ3) is 3.21. The van der Waals surface area contributed by atoms with Gasteiger partial charge in [-0.1, -0.05) is 0 Å². The van der Waals surface area contributed by atoms with Gasteiger partial charge in [0, 0.05) is 6.04 Å². The van der Waals surface area contributed by atoms with E-state index in [1.54, 1.807) is 0 Å². The molecule has 3 amide bonds. The molecule has 5 fully saturated rings. The van der Waals surface area contributed by atoms with E-state index in [0.29, 0.717) is 11.8 Å². The lowest BCUT2D eigenvalue weighted by Crippen LogP contribution is -2.49. The predicted molar refractivity (Wildman–Crippen MR) is 81.2 cm³/mol. The summed E-state index contributed by atoms with van der Waals surface area (Å²) in [5.41, 5.74) is 0. The van der Waals surface area contributed by atoms with Crippen molar-refractivity contribution in [3.63, 3.8) is 0 Å². The van der Waals surface area contributed by atoms with Crippen molar-refractivity contribution in [2.45, 2.75) is 51.0 Å². The highest BCUT2D eigenvalue weighted by Gasteiger charge is 2.51. The van der Waals surface area contributed by atoms with Crippen molar-refractivity contribution in [2.24, 2.45) is 29.6 Å². The fourth-order valence-electron chi connectivity index (χ4n) is 5.15. The number of ether oxygens (including phenoxy) is 1. The van der Waals surface area contributed by atoms with E-state index in [4.69, 9.17) is 4.74 Å². The molecule has 5 aliphatic carbocycles. The summed E-state index contributed by atoms with van der Waals surface area (Å²) < 4.78 is 5.22. The minimum absolute atomic E-state index is 0.0316. The van der Waals surface area contributed by atoms with Gasteiger partial charge < -0.3 is 10.1 Å². The fraction of sp³-hybridized carbons (Fsp3) is 0.824. The van der Waals surface area contributed by atoms with Crippen LogP contribution in [0.5, 0.6) is 0 Å². The van der Waals surface area contributed by atoms with Crippen LogP contribution in [-0.2, 0) is 14.3 Å². The average molecular weight is 320 g/mol. The Morgan fingerprint density at radius 2 is 1.52 bits per heavy atom. The summed E-state index contributed by atoms with van der Waals surface area (Å²) in [5, 5.41) is 4.87. The van der Waals surface area contributed by atoms with Gasteiger partial charge in [-0.25, -0.2) is 4.79 Å². The molecule has 4 bridgehead atoms. The highest BCUT2D eigenvalue weighted by atomic mass is 16.5. The first-order valence-electron chi connectivity index (χ1n) is 8.85. The highest BCUT2D eigenvalue weighted by molar-refractivity contribution is 5.95. The molecule has 2 N–H and O–H groups in total. The van der Waals surface area contributed by atoms with Crippen LogP contribution in [0.1, 0.15) is 44.9 Å². The van der Waals surface area contributed by atoms with Crippen molar-refractivity contribution in [2.75, 3.05) is 6.61 Å². The largest absolute Gasteiger partial charge is 0.455 e. The number of rotatable bonds is 4. The smallest absolute Gasteiger partial charge is 0.321 e. The van der Waals surface area contributed by atoms with Gasteiger partial charge in [0.15, 0.2) is 6.61 Å². The molecule has 5 saturated carbocycles. The van der Waals surface area contributed by atoms with Gasteiger partial charge >= 0.3 is 12.0 Å². The number of esters is 1. The Balaban J connectivity index is 1.25. The third-order valence-corrected chi connectivity index (χ3v) is 6.01. The molecule has 0 radical (unpaired) electrons. The Morgan fingerprint density at radius 1 is 0.913 bits per heavy atom. The molecule has 126 valence electrons. The van der Waals surface area contributed by atoms with Crippen molar-refractivity contribution >= 4 is 17.9 Å². The molecule has 6 nitrogen and oxygen atoms in total. The van der Waals surface area contributed by atoms with Gasteiger partial charge in [0.2, 0.25) is 0 Å². The standard InChI is InChI=1S/C17H24N2O4/c20-14(19-17(22)18-13-1-2-13)8-23-16(21)15-11-4-9-3-10(6-11)7-12(15)5-9/h9-13,15H,1-8H2,(H2,18,19,20,22). The van der Waals surface area contributed by atoms with E-state index in [1.165, 1.54) is 6.42 Å². The van der Waals surface area contributed by atoms with Gasteiger partial charge in [0.05, 0.1) is 5.92 Å². The summed E-state index contributed by atoms with van der Waals surface area (Å²) in [6.45, 7) is -0.361. The van der Waals surface area contributed by atoms with E-state index < -0.39 is 11.9 Å². The average Bonchev–Trinajstić information content (AvgIpc) is 3.27. The Bertz CT molecular complexity index is 501. The second kappa shape index (κ2) is 5.80. The summed E-state index contributed by atoms with van der Waals surface area (Å²) in [6, 6.07) is -0.304. The first-order chi connectivity index (χ1) is 11.1. The summed E-state index contributed by atoms with van der Waals surface area (Å²) >= 11 is 0. The van der Waals surface area contributed by atoms with Gasteiger partial charge in [-0.2, -0.15) is 0 Å². The second-order valence-corrected chi connectivity index (χ2v) is 7.86. The molecule has 0 aliphatic heterocycles. The number of carbonyl (C=O) groups is 3. The van der Waals surface area contributed by atoms with Crippen LogP contribution in [0.2, 0.25) is 0 Å². The Hall–Kier alpha value is -1.59. The topological polar surface area (TPSA) is 84.5 Å². The lowest BCUT2D eigenvalue weighted by molar-refractivity contribution is -0.164. The number of amides is 3. The quantitative estimate of drug-likeness (QED) is 0.770.